The van der Waals surface area contributed by atoms with E-state index < -0.39 is 6.17 Å². The molecule has 0 aliphatic rings. The quantitative estimate of drug-likeness (QED) is 0.674. The van der Waals surface area contributed by atoms with Crippen molar-refractivity contribution in [2.75, 3.05) is 6.61 Å². The monoisotopic (exact) mass is 168 g/mol. The summed E-state index contributed by atoms with van der Waals surface area (Å²) in [5, 5.41) is 0. The second kappa shape index (κ2) is 4.10. The van der Waals surface area contributed by atoms with E-state index in [9.17, 15) is 4.39 Å². The van der Waals surface area contributed by atoms with Gasteiger partial charge in [-0.3, -0.25) is 0 Å². The Kier molecular flexibility index (Phi) is 3.09. The maximum absolute atomic E-state index is 12.3. The molecule has 1 atom stereocenters. The zero-order valence-corrected chi connectivity index (χ0v) is 7.38. The molecular formula is C10H13FO. The molecule has 1 nitrogen and oxygen atoms in total. The van der Waals surface area contributed by atoms with Gasteiger partial charge in [0.25, 0.3) is 0 Å². The smallest absolute Gasteiger partial charge is 0.131 e. The lowest BCUT2D eigenvalue weighted by molar-refractivity contribution is 0.210. The summed E-state index contributed by atoms with van der Waals surface area (Å²) < 4.78 is 17.5. The molecule has 2 heteroatoms. The summed E-state index contributed by atoms with van der Waals surface area (Å²) in [6.45, 7) is 3.61. The van der Waals surface area contributed by atoms with Crippen LogP contribution in [0.25, 0.3) is 0 Å². The highest BCUT2D eigenvalue weighted by molar-refractivity contribution is 5.26. The van der Waals surface area contributed by atoms with Crippen molar-refractivity contribution in [1.82, 2.24) is 0 Å². The third-order valence-electron chi connectivity index (χ3n) is 1.50. The van der Waals surface area contributed by atoms with Crippen molar-refractivity contribution >= 4 is 0 Å². The van der Waals surface area contributed by atoms with E-state index in [4.69, 9.17) is 4.74 Å². The van der Waals surface area contributed by atoms with Crippen molar-refractivity contribution in [3.05, 3.63) is 29.8 Å². The van der Waals surface area contributed by atoms with E-state index in [0.717, 1.165) is 5.75 Å². The van der Waals surface area contributed by atoms with E-state index in [1.54, 1.807) is 0 Å². The molecule has 1 aromatic carbocycles. The highest BCUT2D eigenvalue weighted by Crippen LogP contribution is 2.11. The summed E-state index contributed by atoms with van der Waals surface area (Å²) in [6, 6.07) is 7.58. The summed E-state index contributed by atoms with van der Waals surface area (Å²) in [6.07, 6.45) is -0.911. The Labute approximate surface area is 72.2 Å². The van der Waals surface area contributed by atoms with Gasteiger partial charge in [0.05, 0.1) is 0 Å². The minimum Gasteiger partial charge on any atom is -0.491 e. The van der Waals surface area contributed by atoms with Gasteiger partial charge in [-0.25, -0.2) is 4.39 Å². The Morgan fingerprint density at radius 1 is 1.33 bits per heavy atom. The predicted octanol–water partition coefficient (Wildman–Crippen LogP) is 2.73. The maximum Gasteiger partial charge on any atom is 0.131 e. The second-order valence-electron chi connectivity index (χ2n) is 2.90. The van der Waals surface area contributed by atoms with Crippen LogP contribution in [-0.4, -0.2) is 12.8 Å². The standard InChI is InChI=1S/C10H13FO/c1-8-3-5-10(6-4-8)12-7-9(2)11/h3-6,9H,7H2,1-2H3. The van der Waals surface area contributed by atoms with E-state index in [1.165, 1.54) is 12.5 Å². The Morgan fingerprint density at radius 3 is 2.42 bits per heavy atom. The summed E-state index contributed by atoms with van der Waals surface area (Å²) in [5.74, 6) is 0.727. The van der Waals surface area contributed by atoms with Gasteiger partial charge < -0.3 is 4.74 Å². The lowest BCUT2D eigenvalue weighted by Crippen LogP contribution is -2.07. The van der Waals surface area contributed by atoms with Crippen molar-refractivity contribution in [3.8, 4) is 5.75 Å². The SMILES string of the molecule is Cc1ccc(OCC(C)F)cc1. The van der Waals surface area contributed by atoms with Gasteiger partial charge in [0.2, 0.25) is 0 Å². The average molecular weight is 168 g/mol. The van der Waals surface area contributed by atoms with Gasteiger partial charge in [-0.1, -0.05) is 17.7 Å². The number of ether oxygens (including phenoxy) is 1. The fraction of sp³-hybridized carbons (Fsp3) is 0.400. The molecule has 66 valence electrons. The fourth-order valence-electron chi connectivity index (χ4n) is 0.846. The van der Waals surface area contributed by atoms with Gasteiger partial charge in [-0.15, -0.1) is 0 Å². The number of rotatable bonds is 3. The maximum atomic E-state index is 12.3. The van der Waals surface area contributed by atoms with Crippen LogP contribution in [0.3, 0.4) is 0 Å². The van der Waals surface area contributed by atoms with E-state index in [2.05, 4.69) is 0 Å². The molecule has 0 bridgehead atoms. The van der Waals surface area contributed by atoms with Crippen LogP contribution in [0.15, 0.2) is 24.3 Å². The van der Waals surface area contributed by atoms with Gasteiger partial charge in [0, 0.05) is 0 Å². The fourth-order valence-corrected chi connectivity index (χ4v) is 0.846. The highest BCUT2D eigenvalue weighted by Gasteiger charge is 1.98. The third kappa shape index (κ3) is 2.91. The molecule has 1 aromatic rings. The Bertz CT molecular complexity index is 228. The van der Waals surface area contributed by atoms with Crippen molar-refractivity contribution < 1.29 is 9.13 Å². The molecule has 0 N–H and O–H groups in total. The first-order valence-corrected chi connectivity index (χ1v) is 4.02. The summed E-state index contributed by atoms with van der Waals surface area (Å²) in [4.78, 5) is 0. The van der Waals surface area contributed by atoms with E-state index >= 15 is 0 Å². The van der Waals surface area contributed by atoms with Gasteiger partial charge in [-0.2, -0.15) is 0 Å². The van der Waals surface area contributed by atoms with Crippen molar-refractivity contribution in [2.45, 2.75) is 20.0 Å². The van der Waals surface area contributed by atoms with Crippen LogP contribution in [0.4, 0.5) is 4.39 Å². The van der Waals surface area contributed by atoms with Crippen LogP contribution in [0, 0.1) is 6.92 Å². The number of hydrogen-bond acceptors (Lipinski definition) is 1. The van der Waals surface area contributed by atoms with Crippen LogP contribution in [0.1, 0.15) is 12.5 Å². The first-order chi connectivity index (χ1) is 5.68. The third-order valence-corrected chi connectivity index (χ3v) is 1.50. The zero-order valence-electron chi connectivity index (χ0n) is 7.38. The summed E-state index contributed by atoms with van der Waals surface area (Å²) in [5.41, 5.74) is 1.18. The van der Waals surface area contributed by atoms with E-state index in [0.29, 0.717) is 0 Å². The highest BCUT2D eigenvalue weighted by atomic mass is 19.1. The topological polar surface area (TPSA) is 9.23 Å². The molecule has 0 spiro atoms. The molecule has 0 heterocycles. The van der Waals surface area contributed by atoms with Crippen LogP contribution < -0.4 is 4.74 Å². The lowest BCUT2D eigenvalue weighted by atomic mass is 10.2. The van der Waals surface area contributed by atoms with Gasteiger partial charge >= 0.3 is 0 Å². The van der Waals surface area contributed by atoms with E-state index in [-0.39, 0.29) is 6.61 Å². The molecule has 0 aromatic heterocycles. The van der Waals surface area contributed by atoms with E-state index in [1.807, 2.05) is 31.2 Å². The summed E-state index contributed by atoms with van der Waals surface area (Å²) in [7, 11) is 0. The molecule has 1 unspecified atom stereocenters. The summed E-state index contributed by atoms with van der Waals surface area (Å²) >= 11 is 0. The molecule has 12 heavy (non-hydrogen) atoms. The normalized spacial score (nSPS) is 12.6. The molecule has 1 rings (SSSR count). The van der Waals surface area contributed by atoms with Crippen molar-refractivity contribution in [3.63, 3.8) is 0 Å². The molecule has 0 radical (unpaired) electrons. The van der Waals surface area contributed by atoms with Crippen molar-refractivity contribution in [2.24, 2.45) is 0 Å². The van der Waals surface area contributed by atoms with Crippen LogP contribution in [0.5, 0.6) is 5.75 Å². The van der Waals surface area contributed by atoms with Crippen molar-refractivity contribution in [1.29, 1.82) is 0 Å². The van der Waals surface area contributed by atoms with Crippen LogP contribution in [0.2, 0.25) is 0 Å². The molecule has 0 saturated heterocycles. The first-order valence-electron chi connectivity index (χ1n) is 4.02. The number of hydrogen-bond donors (Lipinski definition) is 0. The van der Waals surface area contributed by atoms with Gasteiger partial charge in [0.1, 0.15) is 18.5 Å². The van der Waals surface area contributed by atoms with Crippen LogP contribution in [-0.2, 0) is 0 Å². The largest absolute Gasteiger partial charge is 0.491 e. The molecular weight excluding hydrogens is 155 g/mol. The second-order valence-corrected chi connectivity index (χ2v) is 2.90. The molecule has 0 fully saturated rings. The first kappa shape index (κ1) is 9.04. The number of alkyl halides is 1. The van der Waals surface area contributed by atoms with Gasteiger partial charge in [-0.05, 0) is 26.0 Å². The zero-order chi connectivity index (χ0) is 8.97. The Balaban J connectivity index is 2.48. The number of benzene rings is 1. The number of aryl methyl sites for hydroxylation is 1. The minimum absolute atomic E-state index is 0.128. The minimum atomic E-state index is -0.911. The molecule has 0 amide bonds. The molecule has 0 aliphatic carbocycles. The molecule has 0 aliphatic heterocycles. The Morgan fingerprint density at radius 2 is 1.92 bits per heavy atom. The lowest BCUT2D eigenvalue weighted by Gasteiger charge is -2.06. The molecule has 0 saturated carbocycles. The predicted molar refractivity (Wildman–Crippen MR) is 47.2 cm³/mol. The van der Waals surface area contributed by atoms with Gasteiger partial charge in [0.15, 0.2) is 0 Å². The number of halogens is 1. The van der Waals surface area contributed by atoms with Crippen LogP contribution >= 0.6 is 0 Å². The average Bonchev–Trinajstić information content (AvgIpc) is 2.03. The Hall–Kier alpha value is -1.05.